The molecule has 1 heterocycles. The van der Waals surface area contributed by atoms with Crippen LogP contribution in [0.1, 0.15) is 10.4 Å². The van der Waals surface area contributed by atoms with Crippen LogP contribution >= 0.6 is 11.3 Å². The maximum atomic E-state index is 11.8. The van der Waals surface area contributed by atoms with E-state index in [0.29, 0.717) is 11.5 Å². The first-order valence-corrected chi connectivity index (χ1v) is 6.91. The molecule has 1 amide bonds. The van der Waals surface area contributed by atoms with E-state index in [1.807, 2.05) is 0 Å². The number of hydrogen-bond donors (Lipinski definition) is 2. The van der Waals surface area contributed by atoms with E-state index in [4.69, 9.17) is 14.6 Å². The second kappa shape index (κ2) is 6.76. The number of aromatic carboxylic acids is 1. The van der Waals surface area contributed by atoms with E-state index in [9.17, 15) is 9.59 Å². The molecular weight excluding hydrogens is 294 g/mol. The average Bonchev–Trinajstić information content (AvgIpc) is 2.93. The first kappa shape index (κ1) is 14.9. The van der Waals surface area contributed by atoms with E-state index in [-0.39, 0.29) is 17.9 Å². The normalized spacial score (nSPS) is 9.95. The molecule has 110 valence electrons. The molecule has 0 saturated heterocycles. The van der Waals surface area contributed by atoms with Crippen molar-refractivity contribution in [3.8, 4) is 11.5 Å². The highest BCUT2D eigenvalue weighted by atomic mass is 32.1. The number of carboxylic acid groups (broad SMARTS) is 1. The third-order valence-corrected chi connectivity index (χ3v) is 3.34. The van der Waals surface area contributed by atoms with E-state index in [0.717, 1.165) is 0 Å². The van der Waals surface area contributed by atoms with Gasteiger partial charge >= 0.3 is 5.97 Å². The maximum absolute atomic E-state index is 11.8. The SMILES string of the molecule is COc1ccccc1OCC(=O)Nc1cscc1C(=O)O. The van der Waals surface area contributed by atoms with E-state index in [2.05, 4.69) is 5.32 Å². The van der Waals surface area contributed by atoms with Gasteiger partial charge in [-0.2, -0.15) is 0 Å². The summed E-state index contributed by atoms with van der Waals surface area (Å²) in [4.78, 5) is 22.7. The van der Waals surface area contributed by atoms with Crippen LogP contribution in [-0.2, 0) is 4.79 Å². The summed E-state index contributed by atoms with van der Waals surface area (Å²) in [5.41, 5.74) is 0.326. The molecule has 2 N–H and O–H groups in total. The Hall–Kier alpha value is -2.54. The third-order valence-electron chi connectivity index (χ3n) is 2.59. The average molecular weight is 307 g/mol. The lowest BCUT2D eigenvalue weighted by molar-refractivity contribution is -0.118. The van der Waals surface area contributed by atoms with Crippen molar-refractivity contribution in [3.05, 3.63) is 40.6 Å². The number of hydrogen-bond acceptors (Lipinski definition) is 5. The predicted octanol–water partition coefficient (Wildman–Crippen LogP) is 2.47. The molecule has 1 aromatic carbocycles. The number of benzene rings is 1. The molecule has 0 bridgehead atoms. The van der Waals surface area contributed by atoms with Gasteiger partial charge in [0.15, 0.2) is 18.1 Å². The first-order chi connectivity index (χ1) is 10.1. The van der Waals surface area contributed by atoms with Crippen molar-refractivity contribution in [1.82, 2.24) is 0 Å². The summed E-state index contributed by atoms with van der Waals surface area (Å²) in [6.07, 6.45) is 0. The molecule has 2 rings (SSSR count). The number of nitrogens with one attached hydrogen (secondary N) is 1. The fourth-order valence-electron chi connectivity index (χ4n) is 1.63. The monoisotopic (exact) mass is 307 g/mol. The van der Waals surface area contributed by atoms with Gasteiger partial charge in [-0.05, 0) is 12.1 Å². The summed E-state index contributed by atoms with van der Waals surface area (Å²) in [7, 11) is 1.51. The van der Waals surface area contributed by atoms with Gasteiger partial charge in [-0.3, -0.25) is 4.79 Å². The Morgan fingerprint density at radius 3 is 2.62 bits per heavy atom. The topological polar surface area (TPSA) is 84.9 Å². The molecule has 6 nitrogen and oxygen atoms in total. The second-order valence-electron chi connectivity index (χ2n) is 3.99. The summed E-state index contributed by atoms with van der Waals surface area (Å²) in [6.45, 7) is -0.241. The number of carbonyl (C=O) groups excluding carboxylic acids is 1. The number of ether oxygens (including phenoxy) is 2. The Balaban J connectivity index is 1.96. The number of thiophene rings is 1. The minimum absolute atomic E-state index is 0.0608. The van der Waals surface area contributed by atoms with Crippen molar-refractivity contribution in [2.45, 2.75) is 0 Å². The van der Waals surface area contributed by atoms with Crippen LogP contribution in [0.15, 0.2) is 35.0 Å². The Bertz CT molecular complexity index is 652. The molecule has 7 heteroatoms. The fraction of sp³-hybridized carbons (Fsp3) is 0.143. The molecule has 0 radical (unpaired) electrons. The summed E-state index contributed by atoms with van der Waals surface area (Å²) in [6, 6.07) is 6.95. The van der Waals surface area contributed by atoms with Crippen LogP contribution < -0.4 is 14.8 Å². The van der Waals surface area contributed by atoms with E-state index in [1.54, 1.807) is 29.6 Å². The van der Waals surface area contributed by atoms with Crippen LogP contribution in [0.2, 0.25) is 0 Å². The Morgan fingerprint density at radius 2 is 1.95 bits per heavy atom. The number of carbonyl (C=O) groups is 2. The maximum Gasteiger partial charge on any atom is 0.338 e. The lowest BCUT2D eigenvalue weighted by Crippen LogP contribution is -2.21. The van der Waals surface area contributed by atoms with Crippen LogP contribution in [0, 0.1) is 0 Å². The molecule has 1 aromatic heterocycles. The molecule has 0 aliphatic carbocycles. The van der Waals surface area contributed by atoms with E-state index >= 15 is 0 Å². The zero-order valence-electron chi connectivity index (χ0n) is 11.2. The minimum atomic E-state index is -1.09. The molecule has 0 aliphatic rings. The number of anilines is 1. The van der Waals surface area contributed by atoms with Crippen LogP contribution in [0.4, 0.5) is 5.69 Å². The largest absolute Gasteiger partial charge is 0.493 e. The summed E-state index contributed by atoms with van der Waals surface area (Å²) in [5.74, 6) is -0.565. The van der Waals surface area contributed by atoms with Gasteiger partial charge in [-0.25, -0.2) is 4.79 Å². The van der Waals surface area contributed by atoms with Crippen molar-refractivity contribution in [2.24, 2.45) is 0 Å². The van der Waals surface area contributed by atoms with Gasteiger partial charge in [0.05, 0.1) is 18.4 Å². The number of methoxy groups -OCH3 is 1. The van der Waals surface area contributed by atoms with Crippen LogP contribution in [0.3, 0.4) is 0 Å². The molecule has 0 spiro atoms. The Kier molecular flexibility index (Phi) is 4.78. The van der Waals surface area contributed by atoms with Gasteiger partial charge in [0.1, 0.15) is 0 Å². The number of rotatable bonds is 6. The molecule has 0 fully saturated rings. The van der Waals surface area contributed by atoms with Gasteiger partial charge in [0.25, 0.3) is 5.91 Å². The summed E-state index contributed by atoms with van der Waals surface area (Å²) >= 11 is 1.20. The zero-order chi connectivity index (χ0) is 15.2. The molecule has 0 aliphatic heterocycles. The van der Waals surface area contributed by atoms with Crippen LogP contribution in [0.5, 0.6) is 11.5 Å². The summed E-state index contributed by atoms with van der Waals surface area (Å²) in [5, 5.41) is 14.5. The quantitative estimate of drug-likeness (QED) is 0.856. The highest BCUT2D eigenvalue weighted by Crippen LogP contribution is 2.26. The van der Waals surface area contributed by atoms with Gasteiger partial charge < -0.3 is 19.9 Å². The van der Waals surface area contributed by atoms with Gasteiger partial charge in [0, 0.05) is 10.8 Å². The van der Waals surface area contributed by atoms with E-state index < -0.39 is 11.9 Å². The fourth-order valence-corrected chi connectivity index (χ4v) is 2.38. The van der Waals surface area contributed by atoms with Gasteiger partial charge in [-0.15, -0.1) is 11.3 Å². The standard InChI is InChI=1S/C14H13NO5S/c1-19-11-4-2-3-5-12(11)20-6-13(16)15-10-8-21-7-9(10)14(17)18/h2-5,7-8H,6H2,1H3,(H,15,16)(H,17,18). The van der Waals surface area contributed by atoms with E-state index in [1.165, 1.54) is 23.8 Å². The molecule has 21 heavy (non-hydrogen) atoms. The van der Waals surface area contributed by atoms with Crippen LogP contribution in [-0.4, -0.2) is 30.7 Å². The van der Waals surface area contributed by atoms with Gasteiger partial charge in [0.2, 0.25) is 0 Å². The lowest BCUT2D eigenvalue weighted by atomic mass is 10.3. The molecular formula is C14H13NO5S. The molecule has 0 saturated carbocycles. The highest BCUT2D eigenvalue weighted by molar-refractivity contribution is 7.08. The van der Waals surface area contributed by atoms with Crippen molar-refractivity contribution in [2.75, 3.05) is 19.0 Å². The van der Waals surface area contributed by atoms with Crippen molar-refractivity contribution >= 4 is 28.9 Å². The summed E-state index contributed by atoms with van der Waals surface area (Å²) < 4.78 is 10.5. The molecule has 0 atom stereocenters. The van der Waals surface area contributed by atoms with Crippen molar-refractivity contribution in [3.63, 3.8) is 0 Å². The third kappa shape index (κ3) is 3.73. The van der Waals surface area contributed by atoms with Gasteiger partial charge in [-0.1, -0.05) is 12.1 Å². The zero-order valence-corrected chi connectivity index (χ0v) is 12.0. The Morgan fingerprint density at radius 1 is 1.24 bits per heavy atom. The lowest BCUT2D eigenvalue weighted by Gasteiger charge is -2.10. The smallest absolute Gasteiger partial charge is 0.338 e. The minimum Gasteiger partial charge on any atom is -0.493 e. The first-order valence-electron chi connectivity index (χ1n) is 5.97. The molecule has 0 unspecified atom stereocenters. The van der Waals surface area contributed by atoms with Crippen molar-refractivity contribution in [1.29, 1.82) is 0 Å². The van der Waals surface area contributed by atoms with Crippen molar-refractivity contribution < 1.29 is 24.2 Å². The second-order valence-corrected chi connectivity index (χ2v) is 4.74. The van der Waals surface area contributed by atoms with Crippen LogP contribution in [0.25, 0.3) is 0 Å². The predicted molar refractivity (Wildman–Crippen MR) is 78.4 cm³/mol. The number of para-hydroxylation sites is 2. The highest BCUT2D eigenvalue weighted by Gasteiger charge is 2.14. The molecule has 2 aromatic rings. The number of amides is 1. The number of carboxylic acids is 1. The Labute approximate surface area is 124 Å².